The molecule has 0 radical (unpaired) electrons. The summed E-state index contributed by atoms with van der Waals surface area (Å²) in [4.78, 5) is 17.0. The van der Waals surface area contributed by atoms with Gasteiger partial charge in [-0.05, 0) is 32.9 Å². The van der Waals surface area contributed by atoms with Crippen molar-refractivity contribution in [3.63, 3.8) is 0 Å². The second-order valence-corrected chi connectivity index (χ2v) is 7.72. The molecule has 1 amide bonds. The molecule has 1 aliphatic carbocycles. The molecule has 1 fully saturated rings. The summed E-state index contributed by atoms with van der Waals surface area (Å²) in [5, 5.41) is 7.96. The highest BCUT2D eigenvalue weighted by atomic mass is 16.5. The Balaban J connectivity index is 1.54. The molecule has 0 unspecified atom stereocenters. The van der Waals surface area contributed by atoms with Gasteiger partial charge in [-0.3, -0.25) is 19.3 Å². The number of carbonyl (C=O) groups is 1. The number of hydrogen-bond acceptors (Lipinski definition) is 5. The molecule has 146 valence electrons. The van der Waals surface area contributed by atoms with Crippen LogP contribution in [0.1, 0.15) is 44.0 Å². The number of aromatic nitrogens is 2. The molecular formula is C19H33N5O2. The zero-order chi connectivity index (χ0) is 18.5. The fraction of sp³-hybridized carbons (Fsp3) is 0.789. The molecule has 1 aromatic rings. The summed E-state index contributed by atoms with van der Waals surface area (Å²) in [6.07, 6.45) is 4.74. The van der Waals surface area contributed by atoms with Gasteiger partial charge in [0.1, 0.15) is 0 Å². The van der Waals surface area contributed by atoms with E-state index in [4.69, 9.17) is 9.84 Å². The van der Waals surface area contributed by atoms with Gasteiger partial charge in [-0.1, -0.05) is 12.8 Å². The number of rotatable bonds is 8. The van der Waals surface area contributed by atoms with Crippen LogP contribution in [0, 0.1) is 0 Å². The molecule has 1 saturated carbocycles. The molecule has 1 N–H and O–H groups in total. The van der Waals surface area contributed by atoms with Gasteiger partial charge in [0.25, 0.3) is 0 Å². The van der Waals surface area contributed by atoms with E-state index < -0.39 is 0 Å². The van der Waals surface area contributed by atoms with Crippen molar-refractivity contribution in [2.75, 3.05) is 33.9 Å². The van der Waals surface area contributed by atoms with Gasteiger partial charge in [-0.2, -0.15) is 5.10 Å². The third-order valence-electron chi connectivity index (χ3n) is 5.62. The van der Waals surface area contributed by atoms with Gasteiger partial charge in [0, 0.05) is 39.3 Å². The quantitative estimate of drug-likeness (QED) is 0.753. The third-order valence-corrected chi connectivity index (χ3v) is 5.62. The van der Waals surface area contributed by atoms with E-state index in [1.165, 1.54) is 18.5 Å². The molecule has 7 heteroatoms. The highest BCUT2D eigenvalue weighted by Gasteiger charge is 2.28. The van der Waals surface area contributed by atoms with Crippen LogP contribution in [0.2, 0.25) is 0 Å². The molecule has 0 saturated heterocycles. The van der Waals surface area contributed by atoms with E-state index in [0.29, 0.717) is 6.04 Å². The molecule has 1 aromatic heterocycles. The van der Waals surface area contributed by atoms with Crippen LogP contribution in [0.4, 0.5) is 0 Å². The molecule has 0 aromatic carbocycles. The highest BCUT2D eigenvalue weighted by molar-refractivity contribution is 5.81. The Bertz CT molecular complexity index is 597. The van der Waals surface area contributed by atoms with Crippen LogP contribution in [0.5, 0.6) is 0 Å². The van der Waals surface area contributed by atoms with Crippen LogP contribution in [0.3, 0.4) is 0 Å². The maximum Gasteiger partial charge on any atom is 0.237 e. The number of nitrogens with zero attached hydrogens (tertiary/aromatic N) is 4. The summed E-state index contributed by atoms with van der Waals surface area (Å²) in [5.74, 6) is 0.171. The number of fused-ring (bicyclic) bond motifs is 1. The fourth-order valence-corrected chi connectivity index (χ4v) is 3.91. The number of amides is 1. The molecule has 2 aliphatic rings. The number of nitrogens with one attached hydrogen (secondary N) is 1. The minimum atomic E-state index is -0.0907. The summed E-state index contributed by atoms with van der Waals surface area (Å²) in [6, 6.07) is 2.47. The minimum Gasteiger partial charge on any atom is -0.383 e. The van der Waals surface area contributed by atoms with E-state index in [-0.39, 0.29) is 11.9 Å². The molecule has 1 aliphatic heterocycles. The zero-order valence-electron chi connectivity index (χ0n) is 16.4. The second kappa shape index (κ2) is 8.97. The highest BCUT2D eigenvalue weighted by Crippen LogP contribution is 2.20. The first-order valence-electron chi connectivity index (χ1n) is 9.84. The van der Waals surface area contributed by atoms with E-state index in [1.54, 1.807) is 7.11 Å². The van der Waals surface area contributed by atoms with E-state index in [1.807, 2.05) is 6.92 Å². The Kier molecular flexibility index (Phi) is 6.67. The smallest absolute Gasteiger partial charge is 0.237 e. The molecule has 26 heavy (non-hydrogen) atoms. The Morgan fingerprint density at radius 1 is 1.42 bits per heavy atom. The van der Waals surface area contributed by atoms with Crippen LogP contribution < -0.4 is 5.32 Å². The second-order valence-electron chi connectivity index (χ2n) is 7.72. The molecular weight excluding hydrogens is 330 g/mol. The summed E-state index contributed by atoms with van der Waals surface area (Å²) in [7, 11) is 3.81. The van der Waals surface area contributed by atoms with Crippen molar-refractivity contribution in [3.8, 4) is 0 Å². The Morgan fingerprint density at radius 3 is 2.92 bits per heavy atom. The van der Waals surface area contributed by atoms with Crippen molar-refractivity contribution in [2.24, 2.45) is 0 Å². The molecule has 2 heterocycles. The van der Waals surface area contributed by atoms with Crippen LogP contribution in [-0.2, 0) is 29.2 Å². The molecule has 0 spiro atoms. The number of methoxy groups -OCH3 is 1. The average Bonchev–Trinajstić information content (AvgIpc) is 3.27. The topological polar surface area (TPSA) is 62.6 Å². The maximum absolute atomic E-state index is 12.6. The monoisotopic (exact) mass is 363 g/mol. The number of ether oxygens (including phenoxy) is 1. The Labute approximate surface area is 156 Å². The Hall–Kier alpha value is -1.44. The first-order valence-corrected chi connectivity index (χ1v) is 9.84. The van der Waals surface area contributed by atoms with Crippen molar-refractivity contribution in [1.82, 2.24) is 24.9 Å². The predicted molar refractivity (Wildman–Crippen MR) is 101 cm³/mol. The van der Waals surface area contributed by atoms with Crippen molar-refractivity contribution >= 4 is 5.91 Å². The predicted octanol–water partition coefficient (Wildman–Crippen LogP) is 1.22. The zero-order valence-corrected chi connectivity index (χ0v) is 16.4. The molecule has 3 rings (SSSR count). The normalized spacial score (nSPS) is 19.7. The first kappa shape index (κ1) is 19.3. The van der Waals surface area contributed by atoms with Gasteiger partial charge in [-0.25, -0.2) is 0 Å². The first-order chi connectivity index (χ1) is 12.6. The van der Waals surface area contributed by atoms with E-state index >= 15 is 0 Å². The number of hydrogen-bond donors (Lipinski definition) is 1. The van der Waals surface area contributed by atoms with Gasteiger partial charge in [0.2, 0.25) is 5.91 Å². The van der Waals surface area contributed by atoms with Crippen LogP contribution >= 0.6 is 0 Å². The van der Waals surface area contributed by atoms with Gasteiger partial charge in [0.05, 0.1) is 30.6 Å². The van der Waals surface area contributed by atoms with Gasteiger partial charge < -0.3 is 10.1 Å². The molecule has 1 atom stereocenters. The van der Waals surface area contributed by atoms with Gasteiger partial charge >= 0.3 is 0 Å². The average molecular weight is 364 g/mol. The van der Waals surface area contributed by atoms with Gasteiger partial charge in [0.15, 0.2) is 0 Å². The Morgan fingerprint density at radius 2 is 2.19 bits per heavy atom. The lowest BCUT2D eigenvalue weighted by molar-refractivity contribution is -0.127. The lowest BCUT2D eigenvalue weighted by Crippen LogP contribution is -2.49. The molecule has 0 bridgehead atoms. The van der Waals surface area contributed by atoms with Crippen LogP contribution in [-0.4, -0.2) is 71.4 Å². The van der Waals surface area contributed by atoms with Crippen molar-refractivity contribution in [3.05, 3.63) is 17.5 Å². The maximum atomic E-state index is 12.6. The standard InChI is InChI=1S/C19H33N5O2/c1-15(19(25)20-16-6-4-5-7-16)23-8-9-24-18(14-23)12-17(21-24)13-22(2)10-11-26-3/h12,15-16H,4-11,13-14H2,1-3H3,(H,20,25)/t15-/m0/s1. The summed E-state index contributed by atoms with van der Waals surface area (Å²) >= 11 is 0. The summed E-state index contributed by atoms with van der Waals surface area (Å²) in [5.41, 5.74) is 2.29. The SMILES string of the molecule is COCCN(C)Cc1cc2n(n1)CCN([C@@H](C)C(=O)NC1CCCC1)C2. The lowest BCUT2D eigenvalue weighted by Gasteiger charge is -2.32. The lowest BCUT2D eigenvalue weighted by atomic mass is 10.1. The summed E-state index contributed by atoms with van der Waals surface area (Å²) in [6.45, 7) is 6.96. The van der Waals surface area contributed by atoms with Crippen molar-refractivity contribution < 1.29 is 9.53 Å². The number of carbonyl (C=O) groups excluding carboxylic acids is 1. The summed E-state index contributed by atoms with van der Waals surface area (Å²) < 4.78 is 7.22. The van der Waals surface area contributed by atoms with Crippen molar-refractivity contribution in [2.45, 2.75) is 64.3 Å². The van der Waals surface area contributed by atoms with E-state index in [0.717, 1.165) is 57.9 Å². The molecule has 7 nitrogen and oxygen atoms in total. The fourth-order valence-electron chi connectivity index (χ4n) is 3.91. The van der Waals surface area contributed by atoms with Gasteiger partial charge in [-0.15, -0.1) is 0 Å². The van der Waals surface area contributed by atoms with Crippen molar-refractivity contribution in [1.29, 1.82) is 0 Å². The number of likely N-dealkylation sites (N-methyl/N-ethyl adjacent to an activating group) is 1. The van der Waals surface area contributed by atoms with E-state index in [2.05, 4.69) is 32.9 Å². The van der Waals surface area contributed by atoms with Crippen LogP contribution in [0.15, 0.2) is 6.07 Å². The van der Waals surface area contributed by atoms with Crippen LogP contribution in [0.25, 0.3) is 0 Å². The van der Waals surface area contributed by atoms with E-state index in [9.17, 15) is 4.79 Å². The third kappa shape index (κ3) is 4.84. The minimum absolute atomic E-state index is 0.0907. The largest absolute Gasteiger partial charge is 0.383 e.